The van der Waals surface area contributed by atoms with Crippen LogP contribution in [0.15, 0.2) is 11.9 Å². The van der Waals surface area contributed by atoms with Crippen LogP contribution in [-0.4, -0.2) is 0 Å². The molecule has 0 aliphatic rings. The minimum absolute atomic E-state index is 0.0202. The van der Waals surface area contributed by atoms with Crippen molar-refractivity contribution in [3.8, 4) is 0 Å². The first kappa shape index (κ1) is 7.67. The zero-order valence-electron chi connectivity index (χ0n) is 5.58. The summed E-state index contributed by atoms with van der Waals surface area (Å²) in [4.78, 5) is 0. The highest BCUT2D eigenvalue weighted by Gasteiger charge is 1.84. The zero-order chi connectivity index (χ0) is 6.41. The van der Waals surface area contributed by atoms with Crippen molar-refractivity contribution in [2.45, 2.75) is 33.1 Å². The fourth-order valence-corrected chi connectivity index (χ4v) is 0.445. The maximum absolute atomic E-state index is 12.2. The van der Waals surface area contributed by atoms with Gasteiger partial charge in [-0.1, -0.05) is 26.3 Å². The second kappa shape index (κ2) is 4.82. The lowest BCUT2D eigenvalue weighted by Gasteiger charge is -1.86. The molecular weight excluding hydrogens is 103 g/mol. The molecule has 0 fully saturated rings. The molecule has 8 heavy (non-hydrogen) atoms. The lowest BCUT2D eigenvalue weighted by Crippen LogP contribution is -1.68. The monoisotopic (exact) mass is 116 g/mol. The molecule has 0 atom stereocenters. The summed E-state index contributed by atoms with van der Waals surface area (Å²) >= 11 is 0. The van der Waals surface area contributed by atoms with Crippen LogP contribution in [0, 0.1) is 0 Å². The van der Waals surface area contributed by atoms with Gasteiger partial charge in [-0.15, -0.1) is 0 Å². The SMILES string of the molecule is CCC/C=C(/F)CC. The largest absolute Gasteiger partial charge is 0.212 e. The number of unbranched alkanes of at least 4 members (excludes halogenated alkanes) is 1. The van der Waals surface area contributed by atoms with Crippen LogP contribution >= 0.6 is 0 Å². The number of halogens is 1. The van der Waals surface area contributed by atoms with Crippen LogP contribution in [0.1, 0.15) is 33.1 Å². The Balaban J connectivity index is 3.26. The molecular formula is C7H13F. The highest BCUT2D eigenvalue weighted by molar-refractivity contribution is 4.89. The molecule has 0 saturated heterocycles. The van der Waals surface area contributed by atoms with Gasteiger partial charge in [0.2, 0.25) is 0 Å². The minimum Gasteiger partial charge on any atom is -0.212 e. The molecule has 0 spiro atoms. The van der Waals surface area contributed by atoms with E-state index in [1.165, 1.54) is 0 Å². The van der Waals surface area contributed by atoms with Gasteiger partial charge >= 0.3 is 0 Å². The van der Waals surface area contributed by atoms with Gasteiger partial charge in [0.25, 0.3) is 0 Å². The molecule has 0 aromatic rings. The van der Waals surface area contributed by atoms with E-state index >= 15 is 0 Å². The quantitative estimate of drug-likeness (QED) is 0.531. The molecule has 0 nitrogen and oxygen atoms in total. The third-order valence-electron chi connectivity index (χ3n) is 0.992. The van der Waals surface area contributed by atoms with E-state index in [0.717, 1.165) is 12.8 Å². The van der Waals surface area contributed by atoms with Crippen LogP contribution in [0.4, 0.5) is 4.39 Å². The Hall–Kier alpha value is -0.330. The minimum atomic E-state index is 0.0202. The maximum atomic E-state index is 12.2. The fourth-order valence-electron chi connectivity index (χ4n) is 0.445. The van der Waals surface area contributed by atoms with Crippen LogP contribution in [0.5, 0.6) is 0 Å². The Labute approximate surface area is 50.4 Å². The fraction of sp³-hybridized carbons (Fsp3) is 0.714. The molecule has 1 heteroatoms. The van der Waals surface area contributed by atoms with Gasteiger partial charge < -0.3 is 0 Å². The predicted octanol–water partition coefficient (Wildman–Crippen LogP) is 3.05. The lowest BCUT2D eigenvalue weighted by atomic mass is 10.3. The van der Waals surface area contributed by atoms with Crippen LogP contribution < -0.4 is 0 Å². The van der Waals surface area contributed by atoms with E-state index in [9.17, 15) is 4.39 Å². The summed E-state index contributed by atoms with van der Waals surface area (Å²) in [7, 11) is 0. The summed E-state index contributed by atoms with van der Waals surface area (Å²) in [6.07, 6.45) is 4.10. The first-order valence-electron chi connectivity index (χ1n) is 3.15. The molecule has 0 saturated carbocycles. The molecule has 0 aliphatic carbocycles. The lowest BCUT2D eigenvalue weighted by molar-refractivity contribution is 0.596. The molecule has 48 valence electrons. The Bertz CT molecular complexity index is 74.5. The smallest absolute Gasteiger partial charge is 0.0957 e. The van der Waals surface area contributed by atoms with Crippen LogP contribution in [0.3, 0.4) is 0 Å². The zero-order valence-corrected chi connectivity index (χ0v) is 5.58. The molecule has 0 bridgehead atoms. The third-order valence-corrected chi connectivity index (χ3v) is 0.992. The highest BCUT2D eigenvalue weighted by atomic mass is 19.1. The van der Waals surface area contributed by atoms with Gasteiger partial charge in [0.15, 0.2) is 0 Å². The molecule has 0 aliphatic heterocycles. The van der Waals surface area contributed by atoms with Gasteiger partial charge in [-0.3, -0.25) is 0 Å². The van der Waals surface area contributed by atoms with Crippen LogP contribution in [0.25, 0.3) is 0 Å². The topological polar surface area (TPSA) is 0 Å². The van der Waals surface area contributed by atoms with Gasteiger partial charge in [0, 0.05) is 0 Å². The molecule has 0 amide bonds. The van der Waals surface area contributed by atoms with Crippen LogP contribution in [0.2, 0.25) is 0 Å². The molecule has 0 heterocycles. The number of rotatable bonds is 3. The van der Waals surface area contributed by atoms with E-state index in [1.807, 2.05) is 13.8 Å². The van der Waals surface area contributed by atoms with Crippen molar-refractivity contribution in [1.82, 2.24) is 0 Å². The summed E-state index contributed by atoms with van der Waals surface area (Å²) in [6.45, 7) is 3.86. The van der Waals surface area contributed by atoms with E-state index < -0.39 is 0 Å². The summed E-state index contributed by atoms with van der Waals surface area (Å²) in [5.41, 5.74) is 0. The second-order valence-electron chi connectivity index (χ2n) is 1.79. The highest BCUT2D eigenvalue weighted by Crippen LogP contribution is 2.03. The van der Waals surface area contributed by atoms with Gasteiger partial charge in [0.05, 0.1) is 5.83 Å². The number of hydrogen-bond donors (Lipinski definition) is 0. The van der Waals surface area contributed by atoms with Gasteiger partial charge in [-0.2, -0.15) is 0 Å². The summed E-state index contributed by atoms with van der Waals surface area (Å²) < 4.78 is 12.2. The van der Waals surface area contributed by atoms with Gasteiger partial charge in [-0.25, -0.2) is 4.39 Å². The first-order chi connectivity index (χ1) is 3.81. The average Bonchev–Trinajstić information content (AvgIpc) is 1.83. The third kappa shape index (κ3) is 3.85. The maximum Gasteiger partial charge on any atom is 0.0957 e. The van der Waals surface area contributed by atoms with Crippen molar-refractivity contribution in [3.05, 3.63) is 11.9 Å². The Morgan fingerprint density at radius 3 is 2.50 bits per heavy atom. The molecule has 0 aromatic heterocycles. The Morgan fingerprint density at radius 2 is 2.12 bits per heavy atom. The Morgan fingerprint density at radius 1 is 1.50 bits per heavy atom. The van der Waals surface area contributed by atoms with Gasteiger partial charge in [0.1, 0.15) is 0 Å². The molecule has 0 radical (unpaired) electrons. The van der Waals surface area contributed by atoms with Crippen molar-refractivity contribution >= 4 is 0 Å². The van der Waals surface area contributed by atoms with E-state index in [1.54, 1.807) is 6.08 Å². The van der Waals surface area contributed by atoms with E-state index in [0.29, 0.717) is 6.42 Å². The van der Waals surface area contributed by atoms with Crippen molar-refractivity contribution in [1.29, 1.82) is 0 Å². The van der Waals surface area contributed by atoms with Gasteiger partial charge in [-0.05, 0) is 12.8 Å². The normalized spacial score (nSPS) is 12.1. The van der Waals surface area contributed by atoms with E-state index in [2.05, 4.69) is 0 Å². The molecule has 0 rings (SSSR count). The molecule has 0 N–H and O–H groups in total. The van der Waals surface area contributed by atoms with Crippen molar-refractivity contribution in [2.24, 2.45) is 0 Å². The number of hydrogen-bond acceptors (Lipinski definition) is 0. The first-order valence-corrected chi connectivity index (χ1v) is 3.15. The Kier molecular flexibility index (Phi) is 4.62. The van der Waals surface area contributed by atoms with Crippen molar-refractivity contribution in [2.75, 3.05) is 0 Å². The molecule has 0 unspecified atom stereocenters. The van der Waals surface area contributed by atoms with Crippen molar-refractivity contribution in [3.63, 3.8) is 0 Å². The predicted molar refractivity (Wildman–Crippen MR) is 34.4 cm³/mol. The summed E-state index contributed by atoms with van der Waals surface area (Å²) in [6, 6.07) is 0. The standard InChI is InChI=1S/C7H13F/c1-3-5-6-7(8)4-2/h6H,3-5H2,1-2H3/b7-6+. The van der Waals surface area contributed by atoms with Crippen LogP contribution in [-0.2, 0) is 0 Å². The average molecular weight is 116 g/mol. The van der Waals surface area contributed by atoms with E-state index in [-0.39, 0.29) is 5.83 Å². The summed E-state index contributed by atoms with van der Waals surface area (Å²) in [5, 5.41) is 0. The van der Waals surface area contributed by atoms with E-state index in [4.69, 9.17) is 0 Å². The number of allylic oxidation sites excluding steroid dienone is 2. The van der Waals surface area contributed by atoms with Crippen molar-refractivity contribution < 1.29 is 4.39 Å². The molecule has 0 aromatic carbocycles. The summed E-state index contributed by atoms with van der Waals surface area (Å²) in [5.74, 6) is 0.0202. The second-order valence-corrected chi connectivity index (χ2v) is 1.79.